The number of carbonyl (C=O) groups is 2. The van der Waals surface area contributed by atoms with Crippen molar-refractivity contribution < 1.29 is 14.0 Å². The van der Waals surface area contributed by atoms with Crippen LogP contribution in [0.2, 0.25) is 0 Å². The second-order valence-electron chi connectivity index (χ2n) is 5.15. The zero-order valence-electron chi connectivity index (χ0n) is 13.0. The molecule has 0 atom stereocenters. The van der Waals surface area contributed by atoms with Crippen LogP contribution in [0.5, 0.6) is 0 Å². The van der Waals surface area contributed by atoms with Crippen LogP contribution in [-0.2, 0) is 6.54 Å². The first-order chi connectivity index (χ1) is 12.1. The van der Waals surface area contributed by atoms with Gasteiger partial charge in [-0.25, -0.2) is 0 Å². The summed E-state index contributed by atoms with van der Waals surface area (Å²) in [6.45, 7) is 0.268. The fourth-order valence-electron chi connectivity index (χ4n) is 2.20. The van der Waals surface area contributed by atoms with Crippen molar-refractivity contribution in [3.05, 3.63) is 82.5 Å². The lowest BCUT2D eigenvalue weighted by Gasteiger charge is -2.11. The topological polar surface area (TPSA) is 84.2 Å². The molecular formula is C18H14BrN3O3. The molecule has 2 N–H and O–H groups in total. The summed E-state index contributed by atoms with van der Waals surface area (Å²) in [5, 5.41) is 5.50. The second-order valence-corrected chi connectivity index (χ2v) is 6.07. The molecule has 0 aliphatic carbocycles. The summed E-state index contributed by atoms with van der Waals surface area (Å²) >= 11 is 3.28. The van der Waals surface area contributed by atoms with Gasteiger partial charge in [-0.05, 0) is 46.3 Å². The quantitative estimate of drug-likeness (QED) is 0.685. The lowest BCUT2D eigenvalue weighted by atomic mass is 10.1. The molecule has 0 radical (unpaired) electrons. The number of halogens is 1. The Bertz CT molecular complexity index is 894. The van der Waals surface area contributed by atoms with Gasteiger partial charge in [0.2, 0.25) is 0 Å². The van der Waals surface area contributed by atoms with Gasteiger partial charge in [-0.2, -0.15) is 0 Å². The average molecular weight is 400 g/mol. The number of hydrogen-bond donors (Lipinski definition) is 2. The second kappa shape index (κ2) is 7.76. The number of nitrogens with zero attached hydrogens (tertiary/aromatic N) is 1. The molecule has 7 heteroatoms. The normalized spacial score (nSPS) is 10.3. The van der Waals surface area contributed by atoms with E-state index in [2.05, 4.69) is 31.5 Å². The van der Waals surface area contributed by atoms with Crippen LogP contribution in [0.3, 0.4) is 0 Å². The molecule has 0 fully saturated rings. The first-order valence-electron chi connectivity index (χ1n) is 7.45. The van der Waals surface area contributed by atoms with Crippen LogP contribution in [0.25, 0.3) is 0 Å². The van der Waals surface area contributed by atoms with Crippen LogP contribution in [0.4, 0.5) is 5.69 Å². The summed E-state index contributed by atoms with van der Waals surface area (Å²) in [7, 11) is 0. The molecule has 0 spiro atoms. The Morgan fingerprint density at radius 2 is 1.92 bits per heavy atom. The summed E-state index contributed by atoms with van der Waals surface area (Å²) in [5.74, 6) is -0.00479. The van der Waals surface area contributed by atoms with Crippen molar-refractivity contribution in [2.75, 3.05) is 5.32 Å². The van der Waals surface area contributed by atoms with E-state index in [4.69, 9.17) is 4.42 Å². The molecule has 0 unspecified atom stereocenters. The standard InChI is InChI=1S/C18H14BrN3O3/c19-13-8-12(9-20-10-13)17(23)22-16-6-2-1-5-15(16)18(24)21-11-14-4-3-7-25-14/h1-10H,11H2,(H,21,24)(H,22,23). The van der Waals surface area contributed by atoms with Gasteiger partial charge in [0.15, 0.2) is 0 Å². The Labute approximate surface area is 152 Å². The number of benzene rings is 1. The van der Waals surface area contributed by atoms with Crippen molar-refractivity contribution in [2.24, 2.45) is 0 Å². The van der Waals surface area contributed by atoms with Crippen LogP contribution in [0.15, 0.2) is 70.0 Å². The van der Waals surface area contributed by atoms with Crippen molar-refractivity contribution >= 4 is 33.4 Å². The lowest BCUT2D eigenvalue weighted by molar-refractivity contribution is 0.0949. The third-order valence-electron chi connectivity index (χ3n) is 3.39. The smallest absolute Gasteiger partial charge is 0.257 e. The minimum Gasteiger partial charge on any atom is -0.467 e. The molecule has 6 nitrogen and oxygen atoms in total. The van der Waals surface area contributed by atoms with E-state index in [0.717, 1.165) is 0 Å². The number of pyridine rings is 1. The maximum atomic E-state index is 12.4. The number of furan rings is 1. The molecule has 1 aromatic carbocycles. The SMILES string of the molecule is O=C(Nc1ccccc1C(=O)NCc1ccco1)c1cncc(Br)c1. The van der Waals surface area contributed by atoms with Crippen molar-refractivity contribution in [2.45, 2.75) is 6.54 Å². The summed E-state index contributed by atoms with van der Waals surface area (Å²) in [4.78, 5) is 28.7. The summed E-state index contributed by atoms with van der Waals surface area (Å²) in [5.41, 5.74) is 1.18. The maximum absolute atomic E-state index is 12.4. The van der Waals surface area contributed by atoms with E-state index >= 15 is 0 Å². The lowest BCUT2D eigenvalue weighted by Crippen LogP contribution is -2.24. The highest BCUT2D eigenvalue weighted by atomic mass is 79.9. The Balaban J connectivity index is 1.74. The van der Waals surface area contributed by atoms with Crippen molar-refractivity contribution in [1.29, 1.82) is 0 Å². The molecule has 3 aromatic rings. The summed E-state index contributed by atoms with van der Waals surface area (Å²) in [6.07, 6.45) is 4.59. The third-order valence-corrected chi connectivity index (χ3v) is 3.82. The number of amides is 2. The fraction of sp³-hybridized carbons (Fsp3) is 0.0556. The van der Waals surface area contributed by atoms with E-state index in [1.165, 1.54) is 6.20 Å². The summed E-state index contributed by atoms with van der Waals surface area (Å²) in [6, 6.07) is 12.0. The molecule has 0 saturated heterocycles. The highest BCUT2D eigenvalue weighted by Crippen LogP contribution is 2.17. The Hall–Kier alpha value is -2.93. The number of aromatic nitrogens is 1. The van der Waals surface area contributed by atoms with Gasteiger partial charge in [-0.1, -0.05) is 12.1 Å². The largest absolute Gasteiger partial charge is 0.467 e. The van der Waals surface area contributed by atoms with Gasteiger partial charge >= 0.3 is 0 Å². The molecule has 2 amide bonds. The van der Waals surface area contributed by atoms with Crippen LogP contribution < -0.4 is 10.6 Å². The third kappa shape index (κ3) is 4.33. The first kappa shape index (κ1) is 16.9. The number of rotatable bonds is 5. The van der Waals surface area contributed by atoms with Gasteiger partial charge in [0.25, 0.3) is 11.8 Å². The number of anilines is 1. The van der Waals surface area contributed by atoms with Crippen molar-refractivity contribution in [3.63, 3.8) is 0 Å². The van der Waals surface area contributed by atoms with Crippen LogP contribution in [0, 0.1) is 0 Å². The highest BCUT2D eigenvalue weighted by Gasteiger charge is 2.14. The molecular weight excluding hydrogens is 386 g/mol. The molecule has 0 saturated carbocycles. The first-order valence-corrected chi connectivity index (χ1v) is 8.24. The predicted molar refractivity (Wildman–Crippen MR) is 96.2 cm³/mol. The van der Waals surface area contributed by atoms with E-state index in [-0.39, 0.29) is 18.4 Å². The molecule has 25 heavy (non-hydrogen) atoms. The van der Waals surface area contributed by atoms with Gasteiger partial charge in [0.05, 0.1) is 29.6 Å². The summed E-state index contributed by atoms with van der Waals surface area (Å²) < 4.78 is 5.89. The van der Waals surface area contributed by atoms with Gasteiger partial charge < -0.3 is 15.1 Å². The Kier molecular flexibility index (Phi) is 5.25. The van der Waals surface area contributed by atoms with Crippen molar-refractivity contribution in [3.8, 4) is 0 Å². The van der Waals surface area contributed by atoms with Gasteiger partial charge in [0.1, 0.15) is 5.76 Å². The van der Waals surface area contributed by atoms with Crippen molar-refractivity contribution in [1.82, 2.24) is 10.3 Å². The van der Waals surface area contributed by atoms with Crippen LogP contribution in [0.1, 0.15) is 26.5 Å². The van der Waals surface area contributed by atoms with E-state index in [1.807, 2.05) is 0 Å². The van der Waals surface area contributed by atoms with Crippen LogP contribution >= 0.6 is 15.9 Å². The molecule has 126 valence electrons. The van der Waals surface area contributed by atoms with Gasteiger partial charge in [0, 0.05) is 16.9 Å². The van der Waals surface area contributed by atoms with E-state index in [0.29, 0.717) is 27.0 Å². The van der Waals surface area contributed by atoms with E-state index in [9.17, 15) is 9.59 Å². The molecule has 0 bridgehead atoms. The molecule has 3 rings (SSSR count). The number of hydrogen-bond acceptors (Lipinski definition) is 4. The average Bonchev–Trinajstić information content (AvgIpc) is 3.13. The maximum Gasteiger partial charge on any atom is 0.257 e. The van der Waals surface area contributed by atoms with Gasteiger partial charge in [-0.3, -0.25) is 14.6 Å². The number of para-hydroxylation sites is 1. The Morgan fingerprint density at radius 3 is 2.68 bits per heavy atom. The molecule has 0 aliphatic rings. The number of carbonyl (C=O) groups excluding carboxylic acids is 2. The monoisotopic (exact) mass is 399 g/mol. The highest BCUT2D eigenvalue weighted by molar-refractivity contribution is 9.10. The Morgan fingerprint density at radius 1 is 1.08 bits per heavy atom. The van der Waals surface area contributed by atoms with E-state index < -0.39 is 0 Å². The zero-order chi connectivity index (χ0) is 17.6. The van der Waals surface area contributed by atoms with Crippen LogP contribution in [-0.4, -0.2) is 16.8 Å². The number of nitrogens with one attached hydrogen (secondary N) is 2. The fourth-order valence-corrected chi connectivity index (χ4v) is 2.56. The zero-order valence-corrected chi connectivity index (χ0v) is 14.6. The predicted octanol–water partition coefficient (Wildman–Crippen LogP) is 3.62. The molecule has 2 aromatic heterocycles. The minimum atomic E-state index is -0.347. The molecule has 0 aliphatic heterocycles. The molecule has 2 heterocycles. The van der Waals surface area contributed by atoms with E-state index in [1.54, 1.807) is 54.9 Å². The minimum absolute atomic E-state index is 0.268. The van der Waals surface area contributed by atoms with Gasteiger partial charge in [-0.15, -0.1) is 0 Å².